The molecule has 188 valence electrons. The van der Waals surface area contributed by atoms with E-state index in [1.807, 2.05) is 83.6 Å². The zero-order valence-corrected chi connectivity index (χ0v) is 21.4. The number of benzene rings is 3. The van der Waals surface area contributed by atoms with Crippen molar-refractivity contribution in [3.8, 4) is 0 Å². The maximum Gasteiger partial charge on any atom is 0.255 e. The highest BCUT2D eigenvalue weighted by atomic mass is 35.5. The molecule has 1 N–H and O–H groups in total. The van der Waals surface area contributed by atoms with E-state index in [4.69, 9.17) is 11.6 Å². The van der Waals surface area contributed by atoms with E-state index in [1.54, 1.807) is 6.07 Å². The number of nitrogens with zero attached hydrogens (tertiary/aromatic N) is 4. The highest BCUT2D eigenvalue weighted by Crippen LogP contribution is 2.20. The minimum absolute atomic E-state index is 0.0950. The average molecular weight is 514 g/mol. The Bertz CT molecular complexity index is 1430. The molecule has 1 aromatic heterocycles. The molecule has 4 aromatic rings. The van der Waals surface area contributed by atoms with Gasteiger partial charge in [0.1, 0.15) is 16.8 Å². The molecule has 0 atom stereocenters. The number of nitrogens with one attached hydrogen (secondary N) is 1. The number of amides is 2. The van der Waals surface area contributed by atoms with Gasteiger partial charge in [0, 0.05) is 43.9 Å². The molecule has 0 bridgehead atoms. The first-order chi connectivity index (χ1) is 17.9. The molecule has 3 aromatic carbocycles. The third-order valence-corrected chi connectivity index (χ3v) is 6.73. The van der Waals surface area contributed by atoms with Crippen LogP contribution >= 0.6 is 11.6 Å². The van der Waals surface area contributed by atoms with E-state index in [-0.39, 0.29) is 18.4 Å². The SMILES string of the molecule is CN(CC(=O)N1CCCC1)c1cc(Cl)nc(Cc2ccc(NC(=O)c3ccc4ccccc4c3)cc2)n1. The summed E-state index contributed by atoms with van der Waals surface area (Å²) in [5.41, 5.74) is 2.29. The lowest BCUT2D eigenvalue weighted by Crippen LogP contribution is -2.37. The van der Waals surface area contributed by atoms with Crippen LogP contribution < -0.4 is 10.2 Å². The molecular formula is C29H28ClN5O2. The van der Waals surface area contributed by atoms with Gasteiger partial charge in [-0.2, -0.15) is 0 Å². The summed E-state index contributed by atoms with van der Waals surface area (Å²) in [6.45, 7) is 1.89. The van der Waals surface area contributed by atoms with Crippen molar-refractivity contribution < 1.29 is 9.59 Å². The van der Waals surface area contributed by atoms with Crippen molar-refractivity contribution in [3.05, 3.63) is 94.9 Å². The zero-order valence-electron chi connectivity index (χ0n) is 20.7. The number of aromatic nitrogens is 2. The number of hydrogen-bond acceptors (Lipinski definition) is 5. The van der Waals surface area contributed by atoms with E-state index >= 15 is 0 Å². The molecule has 1 aliphatic heterocycles. The van der Waals surface area contributed by atoms with E-state index in [0.717, 1.165) is 42.3 Å². The third kappa shape index (κ3) is 6.06. The number of rotatable bonds is 7. The van der Waals surface area contributed by atoms with Crippen LogP contribution in [0.15, 0.2) is 72.8 Å². The molecule has 0 aliphatic carbocycles. The summed E-state index contributed by atoms with van der Waals surface area (Å²) in [5.74, 6) is 1.11. The van der Waals surface area contributed by atoms with Crippen LogP contribution in [0.25, 0.3) is 10.8 Å². The Labute approximate surface area is 221 Å². The van der Waals surface area contributed by atoms with Gasteiger partial charge in [-0.15, -0.1) is 0 Å². The molecule has 0 radical (unpaired) electrons. The number of anilines is 2. The lowest BCUT2D eigenvalue weighted by atomic mass is 10.1. The number of carbonyl (C=O) groups is 2. The normalized spacial score (nSPS) is 13.1. The zero-order chi connectivity index (χ0) is 25.8. The average Bonchev–Trinajstić information content (AvgIpc) is 3.44. The first kappa shape index (κ1) is 24.7. The second kappa shape index (κ2) is 11.0. The molecule has 2 heterocycles. The fourth-order valence-corrected chi connectivity index (χ4v) is 4.69. The number of likely N-dealkylation sites (N-methyl/N-ethyl adjacent to an activating group) is 1. The Balaban J connectivity index is 1.23. The second-order valence-electron chi connectivity index (χ2n) is 9.30. The van der Waals surface area contributed by atoms with Crippen molar-refractivity contribution in [3.63, 3.8) is 0 Å². The van der Waals surface area contributed by atoms with E-state index in [1.165, 1.54) is 0 Å². The van der Waals surface area contributed by atoms with Gasteiger partial charge in [-0.3, -0.25) is 9.59 Å². The Morgan fingerprint density at radius 2 is 1.68 bits per heavy atom. The smallest absolute Gasteiger partial charge is 0.255 e. The molecular weight excluding hydrogens is 486 g/mol. The van der Waals surface area contributed by atoms with Gasteiger partial charge in [0.25, 0.3) is 5.91 Å². The maximum atomic E-state index is 12.8. The van der Waals surface area contributed by atoms with Gasteiger partial charge in [-0.25, -0.2) is 9.97 Å². The molecule has 7 nitrogen and oxygen atoms in total. The lowest BCUT2D eigenvalue weighted by Gasteiger charge is -2.22. The third-order valence-electron chi connectivity index (χ3n) is 6.54. The van der Waals surface area contributed by atoms with E-state index < -0.39 is 0 Å². The van der Waals surface area contributed by atoms with Crippen LogP contribution in [-0.4, -0.2) is 53.4 Å². The highest BCUT2D eigenvalue weighted by molar-refractivity contribution is 6.29. The Morgan fingerprint density at radius 1 is 0.946 bits per heavy atom. The summed E-state index contributed by atoms with van der Waals surface area (Å²) in [5, 5.41) is 5.41. The molecule has 0 saturated carbocycles. The van der Waals surface area contributed by atoms with E-state index in [9.17, 15) is 9.59 Å². The van der Waals surface area contributed by atoms with Crippen LogP contribution in [0.5, 0.6) is 0 Å². The summed E-state index contributed by atoms with van der Waals surface area (Å²) in [4.78, 5) is 38.0. The number of likely N-dealkylation sites (tertiary alicyclic amines) is 1. The number of fused-ring (bicyclic) bond motifs is 1. The van der Waals surface area contributed by atoms with E-state index in [2.05, 4.69) is 15.3 Å². The molecule has 0 spiro atoms. The molecule has 1 saturated heterocycles. The van der Waals surface area contributed by atoms with Crippen LogP contribution in [0.4, 0.5) is 11.5 Å². The van der Waals surface area contributed by atoms with Crippen molar-refractivity contribution >= 4 is 45.7 Å². The minimum atomic E-state index is -0.159. The van der Waals surface area contributed by atoms with Gasteiger partial charge in [-0.1, -0.05) is 54.1 Å². The first-order valence-corrected chi connectivity index (χ1v) is 12.7. The largest absolute Gasteiger partial charge is 0.350 e. The molecule has 2 amide bonds. The molecule has 37 heavy (non-hydrogen) atoms. The molecule has 1 aliphatic rings. The van der Waals surface area contributed by atoms with Gasteiger partial charge in [0.05, 0.1) is 6.54 Å². The minimum Gasteiger partial charge on any atom is -0.350 e. The quantitative estimate of drug-likeness (QED) is 0.344. The summed E-state index contributed by atoms with van der Waals surface area (Å²) >= 11 is 6.28. The van der Waals surface area contributed by atoms with Gasteiger partial charge in [0.15, 0.2) is 0 Å². The Hall–Kier alpha value is -3.97. The fraction of sp³-hybridized carbons (Fsp3) is 0.241. The van der Waals surface area contributed by atoms with E-state index in [0.29, 0.717) is 34.5 Å². The van der Waals surface area contributed by atoms with Gasteiger partial charge >= 0.3 is 0 Å². The number of hydrogen-bond donors (Lipinski definition) is 1. The van der Waals surface area contributed by atoms with Crippen molar-refractivity contribution in [2.75, 3.05) is 36.9 Å². The first-order valence-electron chi connectivity index (χ1n) is 12.4. The fourth-order valence-electron chi connectivity index (χ4n) is 4.50. The summed E-state index contributed by atoms with van der Waals surface area (Å²) < 4.78 is 0. The number of carbonyl (C=O) groups excluding carboxylic acids is 2. The second-order valence-corrected chi connectivity index (χ2v) is 9.69. The maximum absolute atomic E-state index is 12.8. The van der Waals surface area contributed by atoms with Crippen molar-refractivity contribution in [2.24, 2.45) is 0 Å². The summed E-state index contributed by atoms with van der Waals surface area (Å²) in [6.07, 6.45) is 2.59. The molecule has 1 fully saturated rings. The molecule has 8 heteroatoms. The summed E-state index contributed by atoms with van der Waals surface area (Å²) in [6, 6.07) is 22.9. The van der Waals surface area contributed by atoms with Crippen molar-refractivity contribution in [2.45, 2.75) is 19.3 Å². The predicted octanol–water partition coefficient (Wildman–Crippen LogP) is 5.18. The Morgan fingerprint density at radius 3 is 2.43 bits per heavy atom. The van der Waals surface area contributed by atoms with Gasteiger partial charge < -0.3 is 15.1 Å². The molecule has 5 rings (SSSR count). The van der Waals surface area contributed by atoms with Crippen LogP contribution in [0.3, 0.4) is 0 Å². The Kier molecular flexibility index (Phi) is 7.32. The monoisotopic (exact) mass is 513 g/mol. The summed E-state index contributed by atoms with van der Waals surface area (Å²) in [7, 11) is 1.84. The topological polar surface area (TPSA) is 78.4 Å². The highest BCUT2D eigenvalue weighted by Gasteiger charge is 2.20. The van der Waals surface area contributed by atoms with Crippen LogP contribution in [0.1, 0.15) is 34.6 Å². The predicted molar refractivity (Wildman–Crippen MR) is 147 cm³/mol. The van der Waals surface area contributed by atoms with Crippen molar-refractivity contribution in [1.82, 2.24) is 14.9 Å². The van der Waals surface area contributed by atoms with Crippen LogP contribution in [0, 0.1) is 0 Å². The molecule has 0 unspecified atom stereocenters. The van der Waals surface area contributed by atoms with Crippen molar-refractivity contribution in [1.29, 1.82) is 0 Å². The lowest BCUT2D eigenvalue weighted by molar-refractivity contribution is -0.128. The standard InChI is InChI=1S/C29H28ClN5O2/c1-34(19-28(36)35-14-4-5-15-35)27-18-25(30)32-26(33-27)16-20-8-12-24(13-9-20)31-29(37)23-11-10-21-6-2-3-7-22(21)17-23/h2-3,6-13,17-18H,4-5,14-16,19H2,1H3,(H,31,37). The van der Waals surface area contributed by atoms with Gasteiger partial charge in [0.2, 0.25) is 5.91 Å². The van der Waals surface area contributed by atoms with Crippen LogP contribution in [-0.2, 0) is 11.2 Å². The van der Waals surface area contributed by atoms with Gasteiger partial charge in [-0.05, 0) is 53.4 Å². The van der Waals surface area contributed by atoms with Crippen LogP contribution in [0.2, 0.25) is 5.15 Å². The number of halogens is 1.